The summed E-state index contributed by atoms with van der Waals surface area (Å²) in [6, 6.07) is -0.247. The van der Waals surface area contributed by atoms with E-state index in [0.29, 0.717) is 6.42 Å². The predicted molar refractivity (Wildman–Crippen MR) is 74.1 cm³/mol. The Bertz CT molecular complexity index is 424. The Kier molecular flexibility index (Phi) is 5.63. The Balaban J connectivity index is 2.34. The van der Waals surface area contributed by atoms with Crippen LogP contribution < -0.4 is 5.73 Å². The van der Waals surface area contributed by atoms with E-state index in [4.69, 9.17) is 10.5 Å². The number of ether oxygens (including phenoxy) is 1. The van der Waals surface area contributed by atoms with Crippen molar-refractivity contribution >= 4 is 12.0 Å². The van der Waals surface area contributed by atoms with Crippen LogP contribution in [0.25, 0.3) is 6.08 Å². The van der Waals surface area contributed by atoms with E-state index in [-0.39, 0.29) is 18.4 Å². The van der Waals surface area contributed by atoms with Crippen LogP contribution >= 0.6 is 0 Å². The molecule has 0 bridgehead atoms. The van der Waals surface area contributed by atoms with E-state index >= 15 is 0 Å². The lowest BCUT2D eigenvalue weighted by atomic mass is 10.1. The summed E-state index contributed by atoms with van der Waals surface area (Å²) >= 11 is 0. The molecule has 0 aliphatic carbocycles. The molecule has 5 nitrogen and oxygen atoms in total. The molecule has 0 aliphatic heterocycles. The van der Waals surface area contributed by atoms with E-state index in [9.17, 15) is 4.79 Å². The summed E-state index contributed by atoms with van der Waals surface area (Å²) in [7, 11) is 0. The zero-order valence-corrected chi connectivity index (χ0v) is 11.7. The maximum atomic E-state index is 11.6. The molecule has 0 saturated heterocycles. The molecule has 1 aromatic rings. The van der Waals surface area contributed by atoms with Crippen LogP contribution in [0.15, 0.2) is 24.7 Å². The Morgan fingerprint density at radius 2 is 2.21 bits per heavy atom. The molecule has 1 heterocycles. The highest BCUT2D eigenvalue weighted by Crippen LogP contribution is 2.10. The normalized spacial score (nSPS) is 13.5. The molecule has 0 aliphatic rings. The van der Waals surface area contributed by atoms with Gasteiger partial charge in [0.15, 0.2) is 0 Å². The third-order valence-corrected chi connectivity index (χ3v) is 2.16. The largest absolute Gasteiger partial charge is 0.460 e. The fourth-order valence-corrected chi connectivity index (χ4v) is 1.44. The average Bonchev–Trinajstić information content (AvgIpc) is 2.27. The van der Waals surface area contributed by atoms with Gasteiger partial charge in [0.25, 0.3) is 0 Å². The summed E-state index contributed by atoms with van der Waals surface area (Å²) in [5, 5.41) is 0. The van der Waals surface area contributed by atoms with Gasteiger partial charge in [-0.1, -0.05) is 6.08 Å². The number of hydrogen-bond acceptors (Lipinski definition) is 5. The Morgan fingerprint density at radius 1 is 1.47 bits per heavy atom. The lowest BCUT2D eigenvalue weighted by Crippen LogP contribution is -2.29. The Labute approximate surface area is 113 Å². The Hall–Kier alpha value is -1.75. The molecule has 1 rings (SSSR count). The number of rotatable bonds is 5. The molecule has 1 unspecified atom stereocenters. The highest BCUT2D eigenvalue weighted by atomic mass is 16.6. The summed E-state index contributed by atoms with van der Waals surface area (Å²) in [6.07, 6.45) is 9.43. The van der Waals surface area contributed by atoms with Crippen molar-refractivity contribution in [1.29, 1.82) is 0 Å². The van der Waals surface area contributed by atoms with Crippen LogP contribution in [0.5, 0.6) is 0 Å². The topological polar surface area (TPSA) is 78.1 Å². The minimum Gasteiger partial charge on any atom is -0.460 e. The van der Waals surface area contributed by atoms with Crippen molar-refractivity contribution in [2.24, 2.45) is 5.73 Å². The summed E-state index contributed by atoms with van der Waals surface area (Å²) < 4.78 is 5.21. The monoisotopic (exact) mass is 263 g/mol. The molecular formula is C14H21N3O2. The molecule has 0 aromatic carbocycles. The first kappa shape index (κ1) is 15.3. The third-order valence-electron chi connectivity index (χ3n) is 2.16. The summed E-state index contributed by atoms with van der Waals surface area (Å²) in [4.78, 5) is 19.6. The van der Waals surface area contributed by atoms with Crippen molar-refractivity contribution in [1.82, 2.24) is 9.97 Å². The van der Waals surface area contributed by atoms with Gasteiger partial charge in [-0.15, -0.1) is 0 Å². The maximum Gasteiger partial charge on any atom is 0.307 e. The van der Waals surface area contributed by atoms with Gasteiger partial charge in [0.2, 0.25) is 0 Å². The fraction of sp³-hybridized carbons (Fsp3) is 0.500. The number of hydrogen-bond donors (Lipinski definition) is 1. The predicted octanol–water partition coefficient (Wildman–Crippen LogP) is 1.94. The second-order valence-corrected chi connectivity index (χ2v) is 5.32. The van der Waals surface area contributed by atoms with E-state index in [1.165, 1.54) is 0 Å². The fourth-order valence-electron chi connectivity index (χ4n) is 1.44. The van der Waals surface area contributed by atoms with Crippen LogP contribution in [0.3, 0.4) is 0 Å². The molecular weight excluding hydrogens is 242 g/mol. The van der Waals surface area contributed by atoms with Crippen molar-refractivity contribution in [2.75, 3.05) is 0 Å². The van der Waals surface area contributed by atoms with Crippen molar-refractivity contribution in [3.63, 3.8) is 0 Å². The number of carbonyl (C=O) groups is 1. The van der Waals surface area contributed by atoms with Crippen LogP contribution in [-0.2, 0) is 9.53 Å². The van der Waals surface area contributed by atoms with E-state index < -0.39 is 5.60 Å². The van der Waals surface area contributed by atoms with Gasteiger partial charge < -0.3 is 10.5 Å². The van der Waals surface area contributed by atoms with Gasteiger partial charge in [0, 0.05) is 18.4 Å². The molecule has 0 amide bonds. The molecule has 19 heavy (non-hydrogen) atoms. The van der Waals surface area contributed by atoms with Gasteiger partial charge in [-0.05, 0) is 33.3 Å². The van der Waals surface area contributed by atoms with E-state index in [1.54, 1.807) is 18.6 Å². The van der Waals surface area contributed by atoms with Crippen molar-refractivity contribution in [3.05, 3.63) is 30.4 Å². The average molecular weight is 263 g/mol. The number of nitrogens with zero attached hydrogens (tertiary/aromatic N) is 2. The van der Waals surface area contributed by atoms with Crippen LogP contribution in [0.2, 0.25) is 0 Å². The van der Waals surface area contributed by atoms with E-state index in [0.717, 1.165) is 5.69 Å². The number of nitrogens with two attached hydrogens (primary N) is 1. The quantitative estimate of drug-likeness (QED) is 0.821. The molecule has 0 saturated carbocycles. The minimum atomic E-state index is -0.466. The molecule has 2 N–H and O–H groups in total. The Morgan fingerprint density at radius 3 is 2.79 bits per heavy atom. The van der Waals surface area contributed by atoms with Crippen molar-refractivity contribution in [2.45, 2.75) is 45.3 Å². The van der Waals surface area contributed by atoms with Crippen molar-refractivity contribution < 1.29 is 9.53 Å². The second-order valence-electron chi connectivity index (χ2n) is 5.32. The van der Waals surface area contributed by atoms with Gasteiger partial charge in [0.05, 0.1) is 18.3 Å². The maximum absolute atomic E-state index is 11.6. The highest BCUT2D eigenvalue weighted by molar-refractivity contribution is 5.70. The van der Waals surface area contributed by atoms with Crippen molar-refractivity contribution in [3.8, 4) is 0 Å². The van der Waals surface area contributed by atoms with Crippen LogP contribution in [0.4, 0.5) is 0 Å². The number of aromatic nitrogens is 2. The molecule has 0 fully saturated rings. The number of esters is 1. The molecule has 1 aromatic heterocycles. The lowest BCUT2D eigenvalue weighted by Gasteiger charge is -2.20. The van der Waals surface area contributed by atoms with Gasteiger partial charge in [-0.2, -0.15) is 0 Å². The highest BCUT2D eigenvalue weighted by Gasteiger charge is 2.17. The third kappa shape index (κ3) is 7.31. The zero-order chi connectivity index (χ0) is 14.3. The summed E-state index contributed by atoms with van der Waals surface area (Å²) in [6.45, 7) is 5.51. The first-order valence-corrected chi connectivity index (χ1v) is 6.27. The van der Waals surface area contributed by atoms with Crippen LogP contribution in [-0.4, -0.2) is 27.6 Å². The SMILES string of the molecule is CC(C)(C)OC(=O)CC(N)CC=Cc1cnccn1. The van der Waals surface area contributed by atoms with Crippen LogP contribution in [0, 0.1) is 0 Å². The molecule has 1 atom stereocenters. The summed E-state index contributed by atoms with van der Waals surface area (Å²) in [5.41, 5.74) is 6.17. The molecule has 104 valence electrons. The van der Waals surface area contributed by atoms with Gasteiger partial charge in [0.1, 0.15) is 5.60 Å². The van der Waals surface area contributed by atoms with Crippen LogP contribution in [0.1, 0.15) is 39.3 Å². The lowest BCUT2D eigenvalue weighted by molar-refractivity contribution is -0.155. The van der Waals surface area contributed by atoms with Gasteiger partial charge >= 0.3 is 5.97 Å². The zero-order valence-electron chi connectivity index (χ0n) is 11.7. The van der Waals surface area contributed by atoms with E-state index in [1.807, 2.05) is 32.9 Å². The summed E-state index contributed by atoms with van der Waals surface area (Å²) in [5.74, 6) is -0.270. The first-order valence-electron chi connectivity index (χ1n) is 6.27. The van der Waals surface area contributed by atoms with E-state index in [2.05, 4.69) is 9.97 Å². The molecule has 0 spiro atoms. The number of carbonyl (C=O) groups excluding carboxylic acids is 1. The minimum absolute atomic E-state index is 0.210. The van der Waals surface area contributed by atoms with Gasteiger partial charge in [-0.3, -0.25) is 14.8 Å². The first-order chi connectivity index (χ1) is 8.87. The smallest absolute Gasteiger partial charge is 0.307 e. The molecule has 0 radical (unpaired) electrons. The van der Waals surface area contributed by atoms with Gasteiger partial charge in [-0.25, -0.2) is 0 Å². The second kappa shape index (κ2) is 6.99. The standard InChI is InChI=1S/C14H21N3O2/c1-14(2,3)19-13(18)9-11(15)5-4-6-12-10-16-7-8-17-12/h4,6-8,10-11H,5,9,15H2,1-3H3. The molecule has 5 heteroatoms.